The van der Waals surface area contributed by atoms with E-state index in [0.29, 0.717) is 0 Å². The summed E-state index contributed by atoms with van der Waals surface area (Å²) in [6.45, 7) is 0. The molecular formula is C31H30N2O2S. The first-order valence-corrected chi connectivity index (χ1v) is 13.9. The standard InChI is InChI=1S/C31H30N2O2S/c34-29(35)19-31(15-16-31)20-36-30-25-5-3-17-32-28(25)14-11-22-9-7-21(18-26(22)30)8-12-24-13-10-23-4-1-2-6-27(23)33-24/h5,7-14,17-18H,1-4,6,15-16,19-20H2,(H,34,35)/b12-8+. The molecule has 36 heavy (non-hydrogen) atoms. The third-order valence-electron chi connectivity index (χ3n) is 7.57. The minimum absolute atomic E-state index is 0.0717. The number of rotatable bonds is 7. The molecule has 0 bridgehead atoms. The topological polar surface area (TPSA) is 62.5 Å². The van der Waals surface area contributed by atoms with Crippen LogP contribution in [0, 0.1) is 5.41 Å². The molecule has 4 nitrogen and oxygen atoms in total. The number of dihydropyridines is 1. The van der Waals surface area contributed by atoms with Crippen LogP contribution < -0.4 is 10.4 Å². The number of fused-ring (bicyclic) bond motifs is 3. The van der Waals surface area contributed by atoms with Crippen molar-refractivity contribution in [2.24, 2.45) is 10.4 Å². The maximum Gasteiger partial charge on any atom is 0.303 e. The number of carboxylic acids is 1. The van der Waals surface area contributed by atoms with Crippen molar-refractivity contribution in [1.29, 1.82) is 0 Å². The van der Waals surface area contributed by atoms with Crippen LogP contribution in [0.1, 0.15) is 61.0 Å². The van der Waals surface area contributed by atoms with Gasteiger partial charge in [-0.1, -0.05) is 36.4 Å². The van der Waals surface area contributed by atoms with E-state index < -0.39 is 5.97 Å². The number of carbonyl (C=O) groups is 1. The maximum atomic E-state index is 11.4. The second kappa shape index (κ2) is 9.70. The van der Waals surface area contributed by atoms with Crippen molar-refractivity contribution in [3.05, 3.63) is 86.7 Å². The number of benzene rings is 1. The minimum atomic E-state index is -0.696. The van der Waals surface area contributed by atoms with Gasteiger partial charge >= 0.3 is 5.97 Å². The Morgan fingerprint density at radius 3 is 2.83 bits per heavy atom. The van der Waals surface area contributed by atoms with Gasteiger partial charge in [0.25, 0.3) is 0 Å². The molecule has 2 aromatic rings. The lowest BCUT2D eigenvalue weighted by Gasteiger charge is -2.18. The van der Waals surface area contributed by atoms with Crippen LogP contribution in [0.3, 0.4) is 0 Å². The first-order chi connectivity index (χ1) is 17.6. The molecule has 1 aromatic heterocycles. The van der Waals surface area contributed by atoms with Crippen molar-refractivity contribution < 1.29 is 9.90 Å². The van der Waals surface area contributed by atoms with Gasteiger partial charge in [-0.25, -0.2) is 0 Å². The molecule has 0 radical (unpaired) electrons. The van der Waals surface area contributed by atoms with Gasteiger partial charge in [-0.3, -0.25) is 14.8 Å². The van der Waals surface area contributed by atoms with Gasteiger partial charge in [0.05, 0.1) is 17.8 Å². The summed E-state index contributed by atoms with van der Waals surface area (Å²) in [6.07, 6.45) is 20.5. The first-order valence-electron chi connectivity index (χ1n) is 12.9. The molecule has 6 rings (SSSR count). The van der Waals surface area contributed by atoms with Crippen LogP contribution in [-0.4, -0.2) is 28.0 Å². The molecule has 1 fully saturated rings. The second-order valence-electron chi connectivity index (χ2n) is 10.3. The minimum Gasteiger partial charge on any atom is -0.481 e. The highest BCUT2D eigenvalue weighted by Gasteiger charge is 2.44. The molecule has 0 unspecified atom stereocenters. The highest BCUT2D eigenvalue weighted by Crippen LogP contribution is 2.52. The van der Waals surface area contributed by atoms with Gasteiger partial charge in [0.1, 0.15) is 0 Å². The highest BCUT2D eigenvalue weighted by molar-refractivity contribution is 8.08. The number of aryl methyl sites for hydroxylation is 2. The zero-order valence-corrected chi connectivity index (χ0v) is 21.2. The maximum absolute atomic E-state index is 11.4. The van der Waals surface area contributed by atoms with Crippen LogP contribution in [0.15, 0.2) is 58.7 Å². The summed E-state index contributed by atoms with van der Waals surface area (Å²) < 4.78 is 0. The Kier molecular flexibility index (Phi) is 6.26. The Morgan fingerprint density at radius 1 is 1.08 bits per heavy atom. The molecule has 2 heterocycles. The van der Waals surface area contributed by atoms with Gasteiger partial charge in [-0.15, -0.1) is 11.8 Å². The lowest BCUT2D eigenvalue weighted by atomic mass is 9.96. The predicted molar refractivity (Wildman–Crippen MR) is 149 cm³/mol. The number of thioether (sulfide) groups is 1. The van der Waals surface area contributed by atoms with Crippen LogP contribution in [0.4, 0.5) is 0 Å². The van der Waals surface area contributed by atoms with E-state index in [4.69, 9.17) is 4.98 Å². The molecule has 182 valence electrons. The summed E-state index contributed by atoms with van der Waals surface area (Å²) in [7, 11) is 0. The smallest absolute Gasteiger partial charge is 0.303 e. The average molecular weight is 495 g/mol. The third kappa shape index (κ3) is 4.90. The van der Waals surface area contributed by atoms with Crippen LogP contribution in [0.2, 0.25) is 0 Å². The van der Waals surface area contributed by atoms with Gasteiger partial charge < -0.3 is 5.11 Å². The van der Waals surface area contributed by atoms with Crippen LogP contribution in [0.25, 0.3) is 23.1 Å². The van der Waals surface area contributed by atoms with Crippen molar-refractivity contribution in [2.45, 2.75) is 51.4 Å². The number of aliphatic imine (C=N–C) groups is 1. The molecule has 1 saturated carbocycles. The Balaban J connectivity index is 1.36. The molecule has 5 heteroatoms. The quantitative estimate of drug-likeness (QED) is 0.567. The fraction of sp³-hybridized carbons (Fsp3) is 0.323. The van der Waals surface area contributed by atoms with Crippen LogP contribution in [-0.2, 0) is 17.6 Å². The third-order valence-corrected chi connectivity index (χ3v) is 9.06. The van der Waals surface area contributed by atoms with Crippen molar-refractivity contribution in [3.63, 3.8) is 0 Å². The summed E-state index contributed by atoms with van der Waals surface area (Å²) in [6, 6.07) is 11.0. The Morgan fingerprint density at radius 2 is 1.97 bits per heavy atom. The van der Waals surface area contributed by atoms with Crippen LogP contribution in [0.5, 0.6) is 0 Å². The zero-order chi connectivity index (χ0) is 24.5. The van der Waals surface area contributed by atoms with Gasteiger partial charge in [-0.05, 0) is 89.8 Å². The molecule has 3 aliphatic carbocycles. The van der Waals surface area contributed by atoms with Crippen LogP contribution >= 0.6 is 11.8 Å². The fourth-order valence-electron chi connectivity index (χ4n) is 5.29. The normalized spacial score (nSPS) is 19.4. The summed E-state index contributed by atoms with van der Waals surface area (Å²) >= 11 is 1.80. The molecule has 0 spiro atoms. The number of aliphatic carboxylic acids is 1. The number of hydrogen-bond acceptors (Lipinski definition) is 4. The number of aromatic nitrogens is 1. The molecule has 1 N–H and O–H groups in total. The number of carboxylic acid groups (broad SMARTS) is 1. The summed E-state index contributed by atoms with van der Waals surface area (Å²) in [5.74, 6) is 0.125. The van der Waals surface area contributed by atoms with Gasteiger partial charge in [0.15, 0.2) is 0 Å². The number of allylic oxidation sites excluding steroid dienone is 3. The molecule has 4 aliphatic rings. The Labute approximate surface area is 216 Å². The molecule has 0 atom stereocenters. The fourth-order valence-corrected chi connectivity index (χ4v) is 6.81. The summed E-state index contributed by atoms with van der Waals surface area (Å²) in [4.78, 5) is 22.2. The predicted octanol–water partition coefficient (Wildman–Crippen LogP) is 5.31. The number of nitrogens with zero attached hydrogens (tertiary/aromatic N) is 2. The van der Waals surface area contributed by atoms with Gasteiger partial charge in [0.2, 0.25) is 0 Å². The molecular weight excluding hydrogens is 464 g/mol. The van der Waals surface area contributed by atoms with E-state index in [9.17, 15) is 9.90 Å². The number of pyridine rings is 1. The van der Waals surface area contributed by atoms with E-state index >= 15 is 0 Å². The summed E-state index contributed by atoms with van der Waals surface area (Å²) in [5, 5.41) is 11.8. The SMILES string of the molecule is O=C(O)CC1(CSC2=c3cc(/C=C/c4ccc5c(n4)CCCC5)ccc3=CC=C3N=CCC=C32)CC1. The Bertz CT molecular complexity index is 1470. The zero-order valence-electron chi connectivity index (χ0n) is 20.4. The monoisotopic (exact) mass is 494 g/mol. The molecule has 0 amide bonds. The largest absolute Gasteiger partial charge is 0.481 e. The lowest BCUT2D eigenvalue weighted by Crippen LogP contribution is -2.27. The van der Waals surface area contributed by atoms with Crippen molar-refractivity contribution in [3.8, 4) is 0 Å². The van der Waals surface area contributed by atoms with E-state index in [2.05, 4.69) is 65.7 Å². The Hall–Kier alpha value is -3.18. The van der Waals surface area contributed by atoms with E-state index in [1.54, 1.807) is 11.8 Å². The van der Waals surface area contributed by atoms with E-state index in [0.717, 1.165) is 54.8 Å². The molecule has 1 aliphatic heterocycles. The molecule has 1 aromatic carbocycles. The van der Waals surface area contributed by atoms with E-state index in [1.165, 1.54) is 45.0 Å². The van der Waals surface area contributed by atoms with Gasteiger partial charge in [0, 0.05) is 34.6 Å². The van der Waals surface area contributed by atoms with Gasteiger partial charge in [-0.2, -0.15) is 0 Å². The van der Waals surface area contributed by atoms with Crippen molar-refractivity contribution in [2.75, 3.05) is 5.75 Å². The first kappa shape index (κ1) is 23.2. The highest BCUT2D eigenvalue weighted by atomic mass is 32.2. The summed E-state index contributed by atoms with van der Waals surface area (Å²) in [5.41, 5.74) is 6.88. The van der Waals surface area contributed by atoms with Crippen molar-refractivity contribution >= 4 is 47.1 Å². The second-order valence-corrected chi connectivity index (χ2v) is 11.3. The molecule has 0 saturated heterocycles. The van der Waals surface area contributed by atoms with E-state index in [1.807, 2.05) is 6.21 Å². The lowest BCUT2D eigenvalue weighted by molar-refractivity contribution is -0.138. The van der Waals surface area contributed by atoms with Crippen molar-refractivity contribution in [1.82, 2.24) is 4.98 Å². The van der Waals surface area contributed by atoms with E-state index in [-0.39, 0.29) is 11.8 Å². The number of hydrogen-bond donors (Lipinski definition) is 1. The average Bonchev–Trinajstić information content (AvgIpc) is 3.67.